The summed E-state index contributed by atoms with van der Waals surface area (Å²) < 4.78 is 4.97. The van der Waals surface area contributed by atoms with Crippen LogP contribution in [0.1, 0.15) is 18.2 Å². The van der Waals surface area contributed by atoms with Crippen LogP contribution in [0.2, 0.25) is 0 Å². The summed E-state index contributed by atoms with van der Waals surface area (Å²) in [6.45, 7) is 4.02. The molecule has 0 unspecified atom stereocenters. The lowest BCUT2D eigenvalue weighted by molar-refractivity contribution is 0.415. The van der Waals surface area contributed by atoms with Crippen molar-refractivity contribution in [3.05, 3.63) is 41.8 Å². The van der Waals surface area contributed by atoms with Crippen LogP contribution in [-0.4, -0.2) is 10.1 Å². The van der Waals surface area contributed by atoms with Gasteiger partial charge in [-0.05, 0) is 31.0 Å². The van der Waals surface area contributed by atoms with E-state index < -0.39 is 0 Å². The summed E-state index contributed by atoms with van der Waals surface area (Å²) in [6, 6.07) is 8.31. The Hall–Kier alpha value is -2.36. The second-order valence-electron chi connectivity index (χ2n) is 4.62. The lowest BCUT2D eigenvalue weighted by atomic mass is 10.0. The summed E-state index contributed by atoms with van der Waals surface area (Å²) in [5, 5.41) is 4.95. The molecule has 0 amide bonds. The molecular formula is C15H15N3O. The van der Waals surface area contributed by atoms with Gasteiger partial charge in [0.15, 0.2) is 0 Å². The van der Waals surface area contributed by atoms with Gasteiger partial charge in [0.05, 0.1) is 11.2 Å². The van der Waals surface area contributed by atoms with Gasteiger partial charge in [-0.2, -0.15) is 0 Å². The van der Waals surface area contributed by atoms with Gasteiger partial charge >= 0.3 is 0 Å². The van der Waals surface area contributed by atoms with E-state index in [1.807, 2.05) is 13.0 Å². The second kappa shape index (κ2) is 4.39. The largest absolute Gasteiger partial charge is 0.383 e. The molecule has 0 saturated heterocycles. The van der Waals surface area contributed by atoms with Crippen LogP contribution < -0.4 is 5.73 Å². The van der Waals surface area contributed by atoms with Gasteiger partial charge in [-0.1, -0.05) is 24.2 Å². The second-order valence-corrected chi connectivity index (χ2v) is 4.62. The molecular weight excluding hydrogens is 238 g/mol. The first kappa shape index (κ1) is 11.7. The lowest BCUT2D eigenvalue weighted by Crippen LogP contribution is -1.96. The molecule has 96 valence electrons. The average Bonchev–Trinajstić information content (AvgIpc) is 2.83. The normalized spacial score (nSPS) is 11.1. The smallest absolute Gasteiger partial charge is 0.132 e. The molecule has 4 heteroatoms. The van der Waals surface area contributed by atoms with Crippen molar-refractivity contribution in [3.8, 4) is 11.1 Å². The minimum Gasteiger partial charge on any atom is -0.383 e. The summed E-state index contributed by atoms with van der Waals surface area (Å²) in [5.41, 5.74) is 10.8. The first-order valence-electron chi connectivity index (χ1n) is 6.29. The maximum atomic E-state index is 6.06. The first-order chi connectivity index (χ1) is 9.19. The number of nitrogen functional groups attached to an aromatic ring is 1. The van der Waals surface area contributed by atoms with Crippen molar-refractivity contribution < 1.29 is 4.52 Å². The van der Waals surface area contributed by atoms with E-state index in [1.165, 1.54) is 5.56 Å². The van der Waals surface area contributed by atoms with E-state index in [1.54, 1.807) is 6.26 Å². The molecule has 2 N–H and O–H groups in total. The van der Waals surface area contributed by atoms with Crippen LogP contribution in [0.3, 0.4) is 0 Å². The molecule has 2 heterocycles. The minimum absolute atomic E-state index is 0.507. The molecule has 1 aromatic carbocycles. The van der Waals surface area contributed by atoms with E-state index in [0.29, 0.717) is 5.82 Å². The van der Waals surface area contributed by atoms with Crippen molar-refractivity contribution in [3.63, 3.8) is 0 Å². The van der Waals surface area contributed by atoms with Gasteiger partial charge in [0.2, 0.25) is 0 Å². The van der Waals surface area contributed by atoms with Crippen molar-refractivity contribution in [1.29, 1.82) is 0 Å². The van der Waals surface area contributed by atoms with Gasteiger partial charge in [-0.15, -0.1) is 0 Å². The Balaban J connectivity index is 2.23. The molecule has 0 spiro atoms. The fourth-order valence-electron chi connectivity index (χ4n) is 2.21. The average molecular weight is 253 g/mol. The fraction of sp³-hybridized carbons (Fsp3) is 0.200. The molecule has 0 bridgehead atoms. The number of aromatic nitrogens is 2. The molecule has 0 atom stereocenters. The number of anilines is 1. The molecule has 0 fully saturated rings. The van der Waals surface area contributed by atoms with Crippen molar-refractivity contribution in [2.75, 3.05) is 5.73 Å². The Labute approximate surface area is 111 Å². The van der Waals surface area contributed by atoms with Crippen LogP contribution in [-0.2, 0) is 6.42 Å². The standard InChI is InChI=1S/C15H15N3O/c1-3-10-4-5-11-7-12(13-8-19-18-9(13)2)15(16)17-14(11)6-10/h4-8H,3H2,1-2H3,(H2,16,17). The van der Waals surface area contributed by atoms with Crippen LogP contribution in [0.25, 0.3) is 22.0 Å². The number of rotatable bonds is 2. The highest BCUT2D eigenvalue weighted by atomic mass is 16.5. The van der Waals surface area contributed by atoms with Crippen LogP contribution in [0.4, 0.5) is 5.82 Å². The molecule has 3 rings (SSSR count). The van der Waals surface area contributed by atoms with Crippen molar-refractivity contribution in [2.45, 2.75) is 20.3 Å². The Morgan fingerprint density at radius 2 is 2.05 bits per heavy atom. The van der Waals surface area contributed by atoms with Gasteiger partial charge in [-0.3, -0.25) is 0 Å². The van der Waals surface area contributed by atoms with Crippen molar-refractivity contribution in [1.82, 2.24) is 10.1 Å². The predicted octanol–water partition coefficient (Wildman–Crippen LogP) is 3.34. The van der Waals surface area contributed by atoms with E-state index in [2.05, 4.69) is 35.3 Å². The summed E-state index contributed by atoms with van der Waals surface area (Å²) in [6.07, 6.45) is 2.60. The summed E-state index contributed by atoms with van der Waals surface area (Å²) in [5.74, 6) is 0.507. The molecule has 4 nitrogen and oxygen atoms in total. The van der Waals surface area contributed by atoms with E-state index >= 15 is 0 Å². The van der Waals surface area contributed by atoms with Gasteiger partial charge in [0, 0.05) is 16.5 Å². The van der Waals surface area contributed by atoms with E-state index in [0.717, 1.165) is 34.1 Å². The number of aryl methyl sites for hydroxylation is 2. The Morgan fingerprint density at radius 1 is 1.21 bits per heavy atom. The zero-order valence-electron chi connectivity index (χ0n) is 11.0. The zero-order valence-corrected chi connectivity index (χ0v) is 11.0. The quantitative estimate of drug-likeness (QED) is 0.760. The number of hydrogen-bond acceptors (Lipinski definition) is 4. The van der Waals surface area contributed by atoms with Crippen molar-refractivity contribution in [2.24, 2.45) is 0 Å². The SMILES string of the molecule is CCc1ccc2cc(-c3conc3C)c(N)nc2c1. The molecule has 0 aliphatic rings. The molecule has 2 aromatic heterocycles. The molecule has 0 radical (unpaired) electrons. The van der Waals surface area contributed by atoms with Gasteiger partial charge in [0.1, 0.15) is 12.1 Å². The molecule has 0 saturated carbocycles. The highest BCUT2D eigenvalue weighted by Crippen LogP contribution is 2.30. The third kappa shape index (κ3) is 1.95. The monoisotopic (exact) mass is 253 g/mol. The number of fused-ring (bicyclic) bond motifs is 1. The van der Waals surface area contributed by atoms with Gasteiger partial charge < -0.3 is 10.3 Å². The van der Waals surface area contributed by atoms with Crippen LogP contribution in [0.15, 0.2) is 35.1 Å². The first-order valence-corrected chi connectivity index (χ1v) is 6.29. The Bertz CT molecular complexity index is 746. The molecule has 0 aliphatic heterocycles. The third-order valence-corrected chi connectivity index (χ3v) is 3.36. The topological polar surface area (TPSA) is 64.9 Å². The van der Waals surface area contributed by atoms with E-state index in [9.17, 15) is 0 Å². The van der Waals surface area contributed by atoms with Crippen LogP contribution in [0, 0.1) is 6.92 Å². The number of nitrogens with two attached hydrogens (primary N) is 1. The lowest BCUT2D eigenvalue weighted by Gasteiger charge is -2.07. The van der Waals surface area contributed by atoms with Gasteiger partial charge in [-0.25, -0.2) is 4.98 Å². The summed E-state index contributed by atoms with van der Waals surface area (Å²) in [4.78, 5) is 4.49. The number of nitrogens with zero attached hydrogens (tertiary/aromatic N) is 2. The Morgan fingerprint density at radius 3 is 2.74 bits per heavy atom. The minimum atomic E-state index is 0.507. The number of hydrogen-bond donors (Lipinski definition) is 1. The van der Waals surface area contributed by atoms with E-state index in [4.69, 9.17) is 10.3 Å². The number of benzene rings is 1. The maximum Gasteiger partial charge on any atom is 0.132 e. The third-order valence-electron chi connectivity index (χ3n) is 3.36. The summed E-state index contributed by atoms with van der Waals surface area (Å²) >= 11 is 0. The van der Waals surface area contributed by atoms with Gasteiger partial charge in [0.25, 0.3) is 0 Å². The van der Waals surface area contributed by atoms with Crippen LogP contribution in [0.5, 0.6) is 0 Å². The van der Waals surface area contributed by atoms with E-state index in [-0.39, 0.29) is 0 Å². The molecule has 19 heavy (non-hydrogen) atoms. The van der Waals surface area contributed by atoms with Crippen molar-refractivity contribution >= 4 is 16.7 Å². The summed E-state index contributed by atoms with van der Waals surface area (Å²) in [7, 11) is 0. The number of pyridine rings is 1. The highest BCUT2D eigenvalue weighted by Gasteiger charge is 2.12. The van der Waals surface area contributed by atoms with Crippen LogP contribution >= 0.6 is 0 Å². The molecule has 3 aromatic rings. The predicted molar refractivity (Wildman–Crippen MR) is 75.8 cm³/mol. The maximum absolute atomic E-state index is 6.06. The zero-order chi connectivity index (χ0) is 13.4. The highest BCUT2D eigenvalue weighted by molar-refractivity contribution is 5.89. The fourth-order valence-corrected chi connectivity index (χ4v) is 2.21. The Kier molecular flexibility index (Phi) is 2.71. The molecule has 0 aliphatic carbocycles.